The summed E-state index contributed by atoms with van der Waals surface area (Å²) in [6, 6.07) is 10.1. The van der Waals surface area contributed by atoms with Gasteiger partial charge in [0.05, 0.1) is 11.0 Å². The van der Waals surface area contributed by atoms with Crippen LogP contribution in [0.2, 0.25) is 0 Å². The molecule has 1 N–H and O–H groups in total. The number of nitrogens with zero attached hydrogens (tertiary/aromatic N) is 1. The first-order valence-corrected chi connectivity index (χ1v) is 6.92. The van der Waals surface area contributed by atoms with Crippen molar-refractivity contribution in [2.75, 3.05) is 0 Å². The maximum Gasteiger partial charge on any atom is 0.153 e. The fourth-order valence-electron chi connectivity index (χ4n) is 2.25. The van der Waals surface area contributed by atoms with Crippen molar-refractivity contribution in [2.24, 2.45) is 0 Å². The quantitative estimate of drug-likeness (QED) is 0.771. The normalized spacial score (nSPS) is 12.6. The van der Waals surface area contributed by atoms with E-state index in [4.69, 9.17) is 4.74 Å². The molecule has 0 spiro atoms. The maximum absolute atomic E-state index is 12.9. The van der Waals surface area contributed by atoms with E-state index in [2.05, 4.69) is 35.9 Å². The zero-order chi connectivity index (χ0) is 15.0. The van der Waals surface area contributed by atoms with Crippen molar-refractivity contribution in [1.82, 2.24) is 9.97 Å². The average Bonchev–Trinajstić information content (AvgIpc) is 2.85. The number of rotatable bonds is 3. The van der Waals surface area contributed by atoms with Crippen LogP contribution in [0.1, 0.15) is 30.0 Å². The van der Waals surface area contributed by atoms with Crippen LogP contribution in [0.3, 0.4) is 0 Å². The molecule has 1 aromatic heterocycles. The molecule has 0 saturated carbocycles. The number of H-pyrrole nitrogens is 1. The molecule has 0 aliphatic rings. The Labute approximate surface area is 122 Å². The zero-order valence-electron chi connectivity index (χ0n) is 12.3. The lowest BCUT2D eigenvalue weighted by atomic mass is 10.1. The molecule has 0 radical (unpaired) electrons. The minimum absolute atomic E-state index is 0.233. The van der Waals surface area contributed by atoms with E-state index in [0.717, 1.165) is 16.9 Å². The summed E-state index contributed by atoms with van der Waals surface area (Å²) in [4.78, 5) is 7.86. The second kappa shape index (κ2) is 5.20. The van der Waals surface area contributed by atoms with Gasteiger partial charge in [0.15, 0.2) is 6.10 Å². The summed E-state index contributed by atoms with van der Waals surface area (Å²) < 4.78 is 18.7. The fourth-order valence-corrected chi connectivity index (χ4v) is 2.25. The Kier molecular flexibility index (Phi) is 3.37. The first-order chi connectivity index (χ1) is 10.0. The third-order valence-electron chi connectivity index (χ3n) is 3.63. The molecule has 0 aliphatic carbocycles. The van der Waals surface area contributed by atoms with Crippen LogP contribution in [0, 0.1) is 19.7 Å². The van der Waals surface area contributed by atoms with Crippen molar-refractivity contribution in [3.63, 3.8) is 0 Å². The van der Waals surface area contributed by atoms with Gasteiger partial charge in [-0.05, 0) is 68.3 Å². The summed E-state index contributed by atoms with van der Waals surface area (Å²) in [5, 5.41) is 0. The van der Waals surface area contributed by atoms with E-state index in [-0.39, 0.29) is 11.9 Å². The number of ether oxygens (including phenoxy) is 1. The molecule has 2 aromatic carbocycles. The molecule has 3 aromatic rings. The third-order valence-corrected chi connectivity index (χ3v) is 3.63. The number of aryl methyl sites for hydroxylation is 2. The van der Waals surface area contributed by atoms with E-state index in [1.165, 1.54) is 23.3 Å². The molecular weight excluding hydrogens is 267 g/mol. The number of nitrogens with one attached hydrogen (secondary N) is 1. The first-order valence-electron chi connectivity index (χ1n) is 6.92. The molecule has 0 fully saturated rings. The monoisotopic (exact) mass is 284 g/mol. The third kappa shape index (κ3) is 2.75. The van der Waals surface area contributed by atoms with Gasteiger partial charge in [-0.2, -0.15) is 0 Å². The highest BCUT2D eigenvalue weighted by Gasteiger charge is 2.13. The van der Waals surface area contributed by atoms with Gasteiger partial charge < -0.3 is 9.72 Å². The molecule has 4 heteroatoms. The fraction of sp³-hybridized carbons (Fsp3) is 0.235. The van der Waals surface area contributed by atoms with Crippen LogP contribution in [-0.2, 0) is 0 Å². The van der Waals surface area contributed by atoms with Crippen LogP contribution < -0.4 is 4.74 Å². The van der Waals surface area contributed by atoms with Crippen molar-refractivity contribution in [2.45, 2.75) is 26.9 Å². The van der Waals surface area contributed by atoms with E-state index in [9.17, 15) is 4.39 Å². The van der Waals surface area contributed by atoms with Crippen LogP contribution in [-0.4, -0.2) is 9.97 Å². The lowest BCUT2D eigenvalue weighted by Gasteiger charge is -2.12. The molecule has 1 atom stereocenters. The second-order valence-electron chi connectivity index (χ2n) is 5.29. The van der Waals surface area contributed by atoms with Crippen molar-refractivity contribution in [3.8, 4) is 5.75 Å². The Morgan fingerprint density at radius 3 is 2.48 bits per heavy atom. The Balaban J connectivity index is 1.87. The van der Waals surface area contributed by atoms with Gasteiger partial charge in [-0.15, -0.1) is 0 Å². The first kappa shape index (κ1) is 13.6. The number of fused-ring (bicyclic) bond motifs is 1. The van der Waals surface area contributed by atoms with Crippen molar-refractivity contribution in [3.05, 3.63) is 59.2 Å². The Hall–Kier alpha value is -2.36. The highest BCUT2D eigenvalue weighted by molar-refractivity contribution is 5.77. The average molecular weight is 284 g/mol. The maximum atomic E-state index is 12.9. The van der Waals surface area contributed by atoms with E-state index in [1.807, 2.05) is 6.92 Å². The highest BCUT2D eigenvalue weighted by Crippen LogP contribution is 2.23. The van der Waals surface area contributed by atoms with Crippen LogP contribution in [0.5, 0.6) is 5.75 Å². The summed E-state index contributed by atoms with van der Waals surface area (Å²) >= 11 is 0. The molecule has 3 rings (SSSR count). The molecule has 108 valence electrons. The number of hydrogen-bond acceptors (Lipinski definition) is 2. The lowest BCUT2D eigenvalue weighted by Crippen LogP contribution is -2.04. The van der Waals surface area contributed by atoms with E-state index < -0.39 is 0 Å². The van der Waals surface area contributed by atoms with Gasteiger partial charge >= 0.3 is 0 Å². The SMILES string of the molecule is Cc1cc2nc([C@H](C)Oc3ccc(F)cc3)[nH]c2cc1C. The number of hydrogen-bond donors (Lipinski definition) is 1. The van der Waals surface area contributed by atoms with E-state index in [1.54, 1.807) is 12.1 Å². The Bertz CT molecular complexity index is 738. The number of aromatic amines is 1. The largest absolute Gasteiger partial charge is 0.483 e. The topological polar surface area (TPSA) is 37.9 Å². The minimum atomic E-state index is -0.273. The number of benzene rings is 2. The summed E-state index contributed by atoms with van der Waals surface area (Å²) in [6.45, 7) is 6.07. The minimum Gasteiger partial charge on any atom is -0.483 e. The lowest BCUT2D eigenvalue weighted by molar-refractivity contribution is 0.217. The summed E-state index contributed by atoms with van der Waals surface area (Å²) in [5.41, 5.74) is 4.38. The molecule has 0 bridgehead atoms. The van der Waals surface area contributed by atoms with Gasteiger partial charge in [-0.1, -0.05) is 0 Å². The number of halogens is 1. The second-order valence-corrected chi connectivity index (χ2v) is 5.29. The molecular formula is C17H17FN2O. The molecule has 0 unspecified atom stereocenters. The predicted octanol–water partition coefficient (Wildman–Crippen LogP) is 4.46. The van der Waals surface area contributed by atoms with Crippen LogP contribution in [0.15, 0.2) is 36.4 Å². The van der Waals surface area contributed by atoms with Crippen molar-refractivity contribution < 1.29 is 9.13 Å². The molecule has 21 heavy (non-hydrogen) atoms. The summed E-state index contributed by atoms with van der Waals surface area (Å²) in [5.74, 6) is 1.11. The van der Waals surface area contributed by atoms with Crippen molar-refractivity contribution >= 4 is 11.0 Å². The van der Waals surface area contributed by atoms with Crippen LogP contribution >= 0.6 is 0 Å². The van der Waals surface area contributed by atoms with Gasteiger partial charge in [0.1, 0.15) is 17.4 Å². The molecule has 0 amide bonds. The molecule has 0 saturated heterocycles. The van der Waals surface area contributed by atoms with Gasteiger partial charge in [0.2, 0.25) is 0 Å². The molecule has 0 aliphatic heterocycles. The summed E-state index contributed by atoms with van der Waals surface area (Å²) in [7, 11) is 0. The zero-order valence-corrected chi connectivity index (χ0v) is 12.3. The van der Waals surface area contributed by atoms with Gasteiger partial charge in [-0.25, -0.2) is 9.37 Å². The molecule has 1 heterocycles. The molecule has 3 nitrogen and oxygen atoms in total. The van der Waals surface area contributed by atoms with Crippen LogP contribution in [0.25, 0.3) is 11.0 Å². The number of imidazole rings is 1. The summed E-state index contributed by atoms with van der Waals surface area (Å²) in [6.07, 6.45) is -0.233. The highest BCUT2D eigenvalue weighted by atomic mass is 19.1. The number of aromatic nitrogens is 2. The van der Waals surface area contributed by atoms with Crippen molar-refractivity contribution in [1.29, 1.82) is 0 Å². The smallest absolute Gasteiger partial charge is 0.153 e. The van der Waals surface area contributed by atoms with E-state index >= 15 is 0 Å². The van der Waals surface area contributed by atoms with Crippen LogP contribution in [0.4, 0.5) is 4.39 Å². The van der Waals surface area contributed by atoms with Gasteiger partial charge in [0, 0.05) is 0 Å². The Morgan fingerprint density at radius 1 is 1.10 bits per heavy atom. The van der Waals surface area contributed by atoms with Gasteiger partial charge in [-0.3, -0.25) is 0 Å². The van der Waals surface area contributed by atoms with Gasteiger partial charge in [0.25, 0.3) is 0 Å². The Morgan fingerprint density at radius 2 is 1.76 bits per heavy atom. The standard InChI is InChI=1S/C17H17FN2O/c1-10-8-15-16(9-11(10)2)20-17(19-15)12(3)21-14-6-4-13(18)5-7-14/h4-9,12H,1-3H3,(H,19,20)/t12-/m0/s1. The predicted molar refractivity (Wildman–Crippen MR) is 81.0 cm³/mol. The van der Waals surface area contributed by atoms with E-state index in [0.29, 0.717) is 5.75 Å².